The minimum absolute atomic E-state index is 0.0743. The lowest BCUT2D eigenvalue weighted by Crippen LogP contribution is -2.23. The second-order valence-electron chi connectivity index (χ2n) is 7.35. The molecule has 0 bridgehead atoms. The first-order valence-corrected chi connectivity index (χ1v) is 11.4. The van der Waals surface area contributed by atoms with Crippen LogP contribution in [0, 0.1) is 0 Å². The van der Waals surface area contributed by atoms with Gasteiger partial charge in [0.25, 0.3) is 0 Å². The van der Waals surface area contributed by atoms with Crippen LogP contribution < -0.4 is 14.8 Å². The van der Waals surface area contributed by atoms with Crippen LogP contribution in [0.2, 0.25) is 0 Å². The molecule has 0 spiro atoms. The van der Waals surface area contributed by atoms with E-state index in [-0.39, 0.29) is 5.69 Å². The van der Waals surface area contributed by atoms with Gasteiger partial charge in [0.2, 0.25) is 5.91 Å². The molecule has 0 fully saturated rings. The average molecular weight is 495 g/mol. The van der Waals surface area contributed by atoms with Crippen LogP contribution in [-0.2, 0) is 17.5 Å². The number of halogens is 3. The molecular formula is C23H25F3N4O3S. The first-order valence-electron chi connectivity index (χ1n) is 10.5. The highest BCUT2D eigenvalue weighted by Crippen LogP contribution is 2.32. The van der Waals surface area contributed by atoms with Crippen LogP contribution in [0.25, 0.3) is 0 Å². The van der Waals surface area contributed by atoms with Gasteiger partial charge in [-0.2, -0.15) is 13.2 Å². The molecule has 0 saturated carbocycles. The molecule has 0 radical (unpaired) electrons. The summed E-state index contributed by atoms with van der Waals surface area (Å²) in [5, 5.41) is 10.8. The van der Waals surface area contributed by atoms with Crippen LogP contribution in [0.5, 0.6) is 11.5 Å². The van der Waals surface area contributed by atoms with Crippen LogP contribution in [0.4, 0.5) is 18.9 Å². The van der Waals surface area contributed by atoms with E-state index in [1.165, 1.54) is 12.1 Å². The van der Waals surface area contributed by atoms with Crippen molar-refractivity contribution in [1.29, 1.82) is 0 Å². The number of carbonyl (C=O) groups excluding carboxylic acids is 1. The first-order chi connectivity index (χ1) is 16.1. The number of hydrogen-bond donors (Lipinski definition) is 1. The van der Waals surface area contributed by atoms with E-state index in [4.69, 9.17) is 9.47 Å². The molecule has 34 heavy (non-hydrogen) atoms. The third kappa shape index (κ3) is 6.22. The van der Waals surface area contributed by atoms with Gasteiger partial charge in [0.05, 0.1) is 17.9 Å². The maximum Gasteiger partial charge on any atom is 0.416 e. The fourth-order valence-corrected chi connectivity index (χ4v) is 4.07. The van der Waals surface area contributed by atoms with Gasteiger partial charge in [-0.25, -0.2) is 0 Å². The van der Waals surface area contributed by atoms with Gasteiger partial charge in [-0.1, -0.05) is 23.9 Å². The fraction of sp³-hybridized carbons (Fsp3) is 0.348. The van der Waals surface area contributed by atoms with Gasteiger partial charge in [-0.05, 0) is 51.1 Å². The Balaban J connectivity index is 1.69. The third-order valence-electron chi connectivity index (χ3n) is 4.89. The SMILES string of the molecule is CCn1c(SC(C)C(=O)Nc2cccc(C(F)(F)F)c2)nnc1C(C)Oc1cccc(OC)c1. The van der Waals surface area contributed by atoms with Crippen molar-refractivity contribution in [3.05, 3.63) is 59.9 Å². The summed E-state index contributed by atoms with van der Waals surface area (Å²) < 4.78 is 51.8. The number of ether oxygens (including phenoxy) is 2. The molecular weight excluding hydrogens is 469 g/mol. The Morgan fingerprint density at radius 2 is 1.82 bits per heavy atom. The number of thioether (sulfide) groups is 1. The Hall–Kier alpha value is -3.21. The van der Waals surface area contributed by atoms with Crippen LogP contribution in [0.3, 0.4) is 0 Å². The summed E-state index contributed by atoms with van der Waals surface area (Å²) in [5.74, 6) is 1.41. The highest BCUT2D eigenvalue weighted by molar-refractivity contribution is 8.00. The van der Waals surface area contributed by atoms with Gasteiger partial charge in [0, 0.05) is 18.3 Å². The number of alkyl halides is 3. The van der Waals surface area contributed by atoms with Gasteiger partial charge in [-0.3, -0.25) is 4.79 Å². The van der Waals surface area contributed by atoms with Crippen molar-refractivity contribution in [3.63, 3.8) is 0 Å². The molecule has 7 nitrogen and oxygen atoms in total. The van der Waals surface area contributed by atoms with Gasteiger partial charge in [-0.15, -0.1) is 10.2 Å². The van der Waals surface area contributed by atoms with E-state index >= 15 is 0 Å². The fourth-order valence-electron chi connectivity index (χ4n) is 3.15. The molecule has 3 rings (SSSR count). The Bertz CT molecular complexity index is 1140. The summed E-state index contributed by atoms with van der Waals surface area (Å²) in [6.45, 7) is 5.95. The number of nitrogens with zero attached hydrogens (tertiary/aromatic N) is 3. The summed E-state index contributed by atoms with van der Waals surface area (Å²) in [6.07, 6.45) is -4.92. The van der Waals surface area contributed by atoms with Gasteiger partial charge >= 0.3 is 6.18 Å². The number of carbonyl (C=O) groups is 1. The van der Waals surface area contributed by atoms with Crippen molar-refractivity contribution in [3.8, 4) is 11.5 Å². The molecule has 182 valence electrons. The van der Waals surface area contributed by atoms with Gasteiger partial charge in [0.15, 0.2) is 17.1 Å². The Labute approximate surface area is 199 Å². The molecule has 0 aliphatic heterocycles. The lowest BCUT2D eigenvalue weighted by atomic mass is 10.2. The summed E-state index contributed by atoms with van der Waals surface area (Å²) in [7, 11) is 1.57. The zero-order valence-corrected chi connectivity index (χ0v) is 19.9. The second kappa shape index (κ2) is 10.8. The van der Waals surface area contributed by atoms with Crippen molar-refractivity contribution in [2.45, 2.75) is 50.0 Å². The molecule has 11 heteroatoms. The van der Waals surface area contributed by atoms with Crippen molar-refractivity contribution >= 4 is 23.4 Å². The monoisotopic (exact) mass is 494 g/mol. The molecule has 2 atom stereocenters. The highest BCUT2D eigenvalue weighted by Gasteiger charge is 2.30. The molecule has 0 aliphatic carbocycles. The number of methoxy groups -OCH3 is 1. The van der Waals surface area contributed by atoms with E-state index in [1.54, 1.807) is 20.1 Å². The summed E-state index contributed by atoms with van der Waals surface area (Å²) in [6, 6.07) is 11.7. The molecule has 1 aromatic heterocycles. The van der Waals surface area contributed by atoms with Crippen LogP contribution in [-0.4, -0.2) is 33.0 Å². The third-order valence-corrected chi connectivity index (χ3v) is 5.97. The van der Waals surface area contributed by atoms with E-state index in [1.807, 2.05) is 36.6 Å². The number of hydrogen-bond acceptors (Lipinski definition) is 6. The average Bonchev–Trinajstić information content (AvgIpc) is 3.21. The number of benzene rings is 2. The summed E-state index contributed by atoms with van der Waals surface area (Å²) >= 11 is 1.16. The van der Waals surface area contributed by atoms with E-state index < -0.39 is 29.0 Å². The van der Waals surface area contributed by atoms with E-state index in [9.17, 15) is 18.0 Å². The van der Waals surface area contributed by atoms with Crippen LogP contribution in [0.1, 0.15) is 38.3 Å². The van der Waals surface area contributed by atoms with E-state index in [0.29, 0.717) is 29.0 Å². The lowest BCUT2D eigenvalue weighted by molar-refractivity contribution is -0.137. The maximum atomic E-state index is 12.9. The normalized spacial score (nSPS) is 13.3. The first kappa shape index (κ1) is 25.4. The minimum Gasteiger partial charge on any atom is -0.497 e. The molecule has 1 N–H and O–H groups in total. The maximum absolute atomic E-state index is 12.9. The topological polar surface area (TPSA) is 78.3 Å². The Kier molecular flexibility index (Phi) is 8.08. The van der Waals surface area contributed by atoms with E-state index in [0.717, 1.165) is 23.9 Å². The molecule has 2 aromatic carbocycles. The van der Waals surface area contributed by atoms with Crippen LogP contribution >= 0.6 is 11.8 Å². The second-order valence-corrected chi connectivity index (χ2v) is 8.66. The van der Waals surface area contributed by atoms with Crippen molar-refractivity contribution in [1.82, 2.24) is 14.8 Å². The highest BCUT2D eigenvalue weighted by atomic mass is 32.2. The number of nitrogens with one attached hydrogen (secondary N) is 1. The molecule has 0 saturated heterocycles. The number of rotatable bonds is 9. The predicted octanol–water partition coefficient (Wildman–Crippen LogP) is 5.58. The van der Waals surface area contributed by atoms with Crippen molar-refractivity contribution in [2.75, 3.05) is 12.4 Å². The molecule has 0 aliphatic rings. The predicted molar refractivity (Wildman–Crippen MR) is 123 cm³/mol. The smallest absolute Gasteiger partial charge is 0.416 e. The molecule has 3 aromatic rings. The summed E-state index contributed by atoms with van der Waals surface area (Å²) in [4.78, 5) is 12.6. The summed E-state index contributed by atoms with van der Waals surface area (Å²) in [5.41, 5.74) is -0.753. The van der Waals surface area contributed by atoms with Crippen molar-refractivity contribution < 1.29 is 27.4 Å². The lowest BCUT2D eigenvalue weighted by Gasteiger charge is -2.17. The zero-order valence-electron chi connectivity index (χ0n) is 19.1. The van der Waals surface area contributed by atoms with Gasteiger partial charge < -0.3 is 19.4 Å². The number of amides is 1. The van der Waals surface area contributed by atoms with Crippen molar-refractivity contribution in [2.24, 2.45) is 0 Å². The molecule has 1 amide bonds. The standard InChI is InChI=1S/C23H25F3N4O3S/c1-5-30-20(14(2)33-19-11-7-10-18(13-19)32-4)28-29-22(30)34-15(3)21(31)27-17-9-6-8-16(12-17)23(24,25)26/h6-15H,5H2,1-4H3,(H,27,31). The minimum atomic E-state index is -4.49. The molecule has 2 unspecified atom stereocenters. The van der Waals surface area contributed by atoms with Gasteiger partial charge in [0.1, 0.15) is 11.5 Å². The zero-order chi connectivity index (χ0) is 24.9. The Morgan fingerprint density at radius 1 is 1.12 bits per heavy atom. The van der Waals surface area contributed by atoms with Crippen LogP contribution in [0.15, 0.2) is 53.7 Å². The number of aromatic nitrogens is 3. The quantitative estimate of drug-likeness (QED) is 0.391. The molecule has 1 heterocycles. The Morgan fingerprint density at radius 3 is 2.50 bits per heavy atom. The largest absolute Gasteiger partial charge is 0.497 e. The van der Waals surface area contributed by atoms with E-state index in [2.05, 4.69) is 15.5 Å². The number of anilines is 1.